The molecule has 0 aromatic carbocycles. The predicted octanol–water partition coefficient (Wildman–Crippen LogP) is -1.34. The Labute approximate surface area is 59.2 Å². The fourth-order valence-corrected chi connectivity index (χ4v) is 0.473. The second kappa shape index (κ2) is 5.01. The maximum atomic E-state index is 9.98. The van der Waals surface area contributed by atoms with Crippen LogP contribution in [0.5, 0.6) is 0 Å². The van der Waals surface area contributed by atoms with Crippen molar-refractivity contribution in [2.24, 2.45) is 5.73 Å². The van der Waals surface area contributed by atoms with E-state index in [1.54, 1.807) is 7.05 Å². The lowest BCUT2D eigenvalue weighted by molar-refractivity contribution is 0.0739. The molecule has 0 aliphatic heterocycles. The van der Waals surface area contributed by atoms with Crippen LogP contribution in [0.3, 0.4) is 0 Å². The van der Waals surface area contributed by atoms with Gasteiger partial charge in [0.15, 0.2) is 0 Å². The number of aliphatic hydroxyl groups excluding tert-OH is 1. The number of rotatable bonds is 4. The van der Waals surface area contributed by atoms with Gasteiger partial charge < -0.3 is 20.9 Å². The Kier molecular flexibility index (Phi) is 4.61. The molecule has 0 heterocycles. The third kappa shape index (κ3) is 5.33. The molecule has 60 valence electrons. The fraction of sp³-hybridized carbons (Fsp3) is 0.800. The first kappa shape index (κ1) is 9.19. The van der Waals surface area contributed by atoms with Gasteiger partial charge in [0.05, 0.1) is 0 Å². The zero-order valence-electron chi connectivity index (χ0n) is 5.83. The molecule has 0 fully saturated rings. The van der Waals surface area contributed by atoms with Gasteiger partial charge in [-0.05, 0) is 7.05 Å². The molecule has 0 saturated carbocycles. The second-order valence-corrected chi connectivity index (χ2v) is 1.84. The summed E-state index contributed by atoms with van der Waals surface area (Å²) in [6.07, 6.45) is -1.55. The van der Waals surface area contributed by atoms with Crippen molar-refractivity contribution < 1.29 is 14.6 Å². The highest BCUT2D eigenvalue weighted by Gasteiger charge is 2.03. The largest absolute Gasteiger partial charge is 0.447 e. The van der Waals surface area contributed by atoms with E-state index in [4.69, 9.17) is 5.11 Å². The first-order chi connectivity index (χ1) is 4.66. The molecule has 0 aliphatic carbocycles. The Balaban J connectivity index is 3.21. The number of primary amides is 1. The molecule has 0 aromatic heterocycles. The van der Waals surface area contributed by atoms with Crippen LogP contribution in [0.2, 0.25) is 0 Å². The van der Waals surface area contributed by atoms with E-state index in [2.05, 4.69) is 15.8 Å². The van der Waals surface area contributed by atoms with Crippen LogP contribution >= 0.6 is 0 Å². The number of nitrogens with one attached hydrogen (secondary N) is 1. The summed E-state index contributed by atoms with van der Waals surface area (Å²) < 4.78 is 4.31. The predicted molar refractivity (Wildman–Crippen MR) is 35.5 cm³/mol. The van der Waals surface area contributed by atoms with E-state index < -0.39 is 12.2 Å². The zero-order valence-corrected chi connectivity index (χ0v) is 5.83. The summed E-state index contributed by atoms with van der Waals surface area (Å²) in [5.41, 5.74) is 4.64. The Bertz CT molecular complexity index is 107. The Morgan fingerprint density at radius 1 is 1.90 bits per heavy atom. The molecule has 0 aromatic rings. The summed E-state index contributed by atoms with van der Waals surface area (Å²) >= 11 is 0. The highest BCUT2D eigenvalue weighted by Crippen LogP contribution is 1.81. The smallest absolute Gasteiger partial charge is 0.404 e. The van der Waals surface area contributed by atoms with Crippen LogP contribution in [0.15, 0.2) is 0 Å². The molecule has 0 bridgehead atoms. The molecule has 0 rings (SSSR count). The van der Waals surface area contributed by atoms with Crippen molar-refractivity contribution in [3.63, 3.8) is 0 Å². The summed E-state index contributed by atoms with van der Waals surface area (Å²) in [4.78, 5) is 9.98. The topological polar surface area (TPSA) is 84.6 Å². The Morgan fingerprint density at radius 2 is 2.50 bits per heavy atom. The van der Waals surface area contributed by atoms with E-state index in [0.717, 1.165) is 0 Å². The fourth-order valence-electron chi connectivity index (χ4n) is 0.473. The number of aliphatic hydroxyl groups is 1. The summed E-state index contributed by atoms with van der Waals surface area (Å²) in [6.45, 7) is 0.323. The van der Waals surface area contributed by atoms with Crippen molar-refractivity contribution in [1.82, 2.24) is 5.32 Å². The van der Waals surface area contributed by atoms with E-state index in [1.165, 1.54) is 0 Å². The molecule has 1 unspecified atom stereocenters. The van der Waals surface area contributed by atoms with Crippen LogP contribution in [0.25, 0.3) is 0 Å². The number of carbonyl (C=O) groups excluding carboxylic acids is 1. The van der Waals surface area contributed by atoms with Crippen molar-refractivity contribution in [2.75, 3.05) is 20.2 Å². The molecule has 5 heteroatoms. The van der Waals surface area contributed by atoms with Crippen molar-refractivity contribution in [2.45, 2.75) is 6.10 Å². The zero-order chi connectivity index (χ0) is 7.98. The summed E-state index contributed by atoms with van der Waals surface area (Å²) in [5.74, 6) is 0. The van der Waals surface area contributed by atoms with Crippen LogP contribution in [-0.2, 0) is 4.74 Å². The SMILES string of the molecule is CNCC(O)COC(N)=O. The number of carbonyl (C=O) groups is 1. The third-order valence-corrected chi connectivity index (χ3v) is 0.858. The van der Waals surface area contributed by atoms with Gasteiger partial charge in [-0.2, -0.15) is 0 Å². The Morgan fingerprint density at radius 3 is 2.90 bits per heavy atom. The molecule has 0 spiro atoms. The molecule has 0 saturated heterocycles. The van der Waals surface area contributed by atoms with Gasteiger partial charge in [0.1, 0.15) is 12.7 Å². The van der Waals surface area contributed by atoms with E-state index in [0.29, 0.717) is 6.54 Å². The lowest BCUT2D eigenvalue weighted by atomic mass is 10.4. The molecule has 5 nitrogen and oxygen atoms in total. The van der Waals surface area contributed by atoms with E-state index in [9.17, 15) is 4.79 Å². The van der Waals surface area contributed by atoms with Gasteiger partial charge >= 0.3 is 6.09 Å². The monoisotopic (exact) mass is 148 g/mol. The van der Waals surface area contributed by atoms with E-state index in [1.807, 2.05) is 0 Å². The van der Waals surface area contributed by atoms with Crippen LogP contribution in [0, 0.1) is 0 Å². The van der Waals surface area contributed by atoms with Crippen molar-refractivity contribution in [1.29, 1.82) is 0 Å². The van der Waals surface area contributed by atoms with Crippen LogP contribution < -0.4 is 11.1 Å². The standard InChI is InChI=1S/C5H12N2O3/c1-7-2-4(8)3-10-5(6)9/h4,7-8H,2-3H2,1H3,(H2,6,9). The summed E-state index contributed by atoms with van der Waals surface area (Å²) in [7, 11) is 1.69. The lowest BCUT2D eigenvalue weighted by Gasteiger charge is -2.08. The number of amides is 1. The average molecular weight is 148 g/mol. The van der Waals surface area contributed by atoms with Crippen LogP contribution in [0.1, 0.15) is 0 Å². The van der Waals surface area contributed by atoms with Gasteiger partial charge in [-0.25, -0.2) is 4.79 Å². The minimum absolute atomic E-state index is 0.0594. The number of hydrogen-bond donors (Lipinski definition) is 3. The summed E-state index contributed by atoms with van der Waals surface area (Å²) in [6, 6.07) is 0. The lowest BCUT2D eigenvalue weighted by Crippen LogP contribution is -2.30. The van der Waals surface area contributed by atoms with Crippen LogP contribution in [-0.4, -0.2) is 37.5 Å². The normalized spacial score (nSPS) is 12.6. The van der Waals surface area contributed by atoms with Crippen LogP contribution in [0.4, 0.5) is 4.79 Å². The van der Waals surface area contributed by atoms with Gasteiger partial charge in [-0.3, -0.25) is 0 Å². The maximum absolute atomic E-state index is 9.98. The van der Waals surface area contributed by atoms with Crippen molar-refractivity contribution in [3.05, 3.63) is 0 Å². The molecule has 1 amide bonds. The molecule has 0 radical (unpaired) electrons. The number of ether oxygens (including phenoxy) is 1. The third-order valence-electron chi connectivity index (χ3n) is 0.858. The van der Waals surface area contributed by atoms with E-state index in [-0.39, 0.29) is 6.61 Å². The maximum Gasteiger partial charge on any atom is 0.404 e. The van der Waals surface area contributed by atoms with Gasteiger partial charge in [-0.15, -0.1) is 0 Å². The molecule has 0 aliphatic rings. The number of likely N-dealkylation sites (N-methyl/N-ethyl adjacent to an activating group) is 1. The van der Waals surface area contributed by atoms with E-state index >= 15 is 0 Å². The molecule has 1 atom stereocenters. The quantitative estimate of drug-likeness (QED) is 0.460. The number of nitrogens with two attached hydrogens (primary N) is 1. The van der Waals surface area contributed by atoms with Crippen molar-refractivity contribution in [3.8, 4) is 0 Å². The molecule has 10 heavy (non-hydrogen) atoms. The molecular weight excluding hydrogens is 136 g/mol. The van der Waals surface area contributed by atoms with Gasteiger partial charge in [-0.1, -0.05) is 0 Å². The first-order valence-corrected chi connectivity index (χ1v) is 2.91. The minimum Gasteiger partial charge on any atom is -0.447 e. The molecule has 4 N–H and O–H groups in total. The minimum atomic E-state index is -0.866. The van der Waals surface area contributed by atoms with Gasteiger partial charge in [0.2, 0.25) is 0 Å². The first-order valence-electron chi connectivity index (χ1n) is 2.91. The average Bonchev–Trinajstić information content (AvgIpc) is 1.85. The molecular formula is C5H12N2O3. The second-order valence-electron chi connectivity index (χ2n) is 1.84. The van der Waals surface area contributed by atoms with Gasteiger partial charge in [0, 0.05) is 6.54 Å². The summed E-state index contributed by atoms with van der Waals surface area (Å²) in [5, 5.41) is 11.6. The highest BCUT2D eigenvalue weighted by molar-refractivity contribution is 5.64. The van der Waals surface area contributed by atoms with Crippen molar-refractivity contribution >= 4 is 6.09 Å². The van der Waals surface area contributed by atoms with Gasteiger partial charge in [0.25, 0.3) is 0 Å². The highest BCUT2D eigenvalue weighted by atomic mass is 16.6. The Hall–Kier alpha value is -0.810. The number of hydrogen-bond acceptors (Lipinski definition) is 4.